The van der Waals surface area contributed by atoms with Crippen LogP contribution in [0.2, 0.25) is 5.02 Å². The second-order valence-corrected chi connectivity index (χ2v) is 4.80. The van der Waals surface area contributed by atoms with Crippen LogP contribution in [0.25, 0.3) is 0 Å². The van der Waals surface area contributed by atoms with Crippen molar-refractivity contribution in [1.82, 2.24) is 4.90 Å². The van der Waals surface area contributed by atoms with Gasteiger partial charge in [-0.2, -0.15) is 0 Å². The second kappa shape index (κ2) is 5.83. The molecule has 0 spiro atoms. The molecule has 0 atom stereocenters. The van der Waals surface area contributed by atoms with E-state index in [1.54, 1.807) is 45.0 Å². The SMILES string of the molecule is C=C(C)C(=O)N(C(=O)c1ccc(Cl)cc1)C(C)C. The molecule has 0 radical (unpaired) electrons. The van der Waals surface area contributed by atoms with Crippen molar-refractivity contribution in [3.63, 3.8) is 0 Å². The van der Waals surface area contributed by atoms with Gasteiger partial charge in [-0.3, -0.25) is 14.5 Å². The van der Waals surface area contributed by atoms with Crippen LogP contribution < -0.4 is 0 Å². The minimum absolute atomic E-state index is 0.225. The summed E-state index contributed by atoms with van der Waals surface area (Å²) in [6.45, 7) is 8.75. The molecule has 0 aliphatic rings. The average Bonchev–Trinajstić information content (AvgIpc) is 2.29. The highest BCUT2D eigenvalue weighted by atomic mass is 35.5. The molecule has 96 valence electrons. The van der Waals surface area contributed by atoms with E-state index in [1.807, 2.05) is 0 Å². The summed E-state index contributed by atoms with van der Waals surface area (Å²) in [6.07, 6.45) is 0. The van der Waals surface area contributed by atoms with Crippen molar-refractivity contribution < 1.29 is 9.59 Å². The maximum atomic E-state index is 12.3. The van der Waals surface area contributed by atoms with Crippen LogP contribution in [0, 0.1) is 0 Å². The molecule has 2 amide bonds. The Balaban J connectivity index is 3.07. The number of carbonyl (C=O) groups is 2. The van der Waals surface area contributed by atoms with Gasteiger partial charge in [-0.15, -0.1) is 0 Å². The number of amides is 2. The summed E-state index contributed by atoms with van der Waals surface area (Å²) in [7, 11) is 0. The summed E-state index contributed by atoms with van der Waals surface area (Å²) in [5, 5.41) is 0.550. The molecule has 1 aromatic rings. The number of nitrogens with zero attached hydrogens (tertiary/aromatic N) is 1. The summed E-state index contributed by atoms with van der Waals surface area (Å²) >= 11 is 5.77. The summed E-state index contributed by atoms with van der Waals surface area (Å²) in [5.41, 5.74) is 0.772. The van der Waals surface area contributed by atoms with Gasteiger partial charge in [-0.25, -0.2) is 0 Å². The molecule has 1 rings (SSSR count). The van der Waals surface area contributed by atoms with Gasteiger partial charge >= 0.3 is 0 Å². The van der Waals surface area contributed by atoms with E-state index in [4.69, 9.17) is 11.6 Å². The number of carbonyl (C=O) groups excluding carboxylic acids is 2. The number of benzene rings is 1. The number of halogens is 1. The van der Waals surface area contributed by atoms with E-state index in [2.05, 4.69) is 6.58 Å². The minimum atomic E-state index is -0.357. The van der Waals surface area contributed by atoms with Crippen molar-refractivity contribution in [2.24, 2.45) is 0 Å². The Morgan fingerprint density at radius 3 is 2.11 bits per heavy atom. The molecule has 18 heavy (non-hydrogen) atoms. The van der Waals surface area contributed by atoms with Crippen molar-refractivity contribution in [3.8, 4) is 0 Å². The Morgan fingerprint density at radius 1 is 1.22 bits per heavy atom. The Morgan fingerprint density at radius 2 is 1.72 bits per heavy atom. The summed E-state index contributed by atoms with van der Waals surface area (Å²) in [5.74, 6) is -0.695. The maximum Gasteiger partial charge on any atom is 0.260 e. The number of hydrogen-bond acceptors (Lipinski definition) is 2. The van der Waals surface area contributed by atoms with Crippen molar-refractivity contribution in [3.05, 3.63) is 47.0 Å². The monoisotopic (exact) mass is 265 g/mol. The topological polar surface area (TPSA) is 37.4 Å². The molecule has 0 bridgehead atoms. The van der Waals surface area contributed by atoms with Crippen molar-refractivity contribution in [2.45, 2.75) is 26.8 Å². The van der Waals surface area contributed by atoms with Gasteiger partial charge in [-0.1, -0.05) is 18.2 Å². The summed E-state index contributed by atoms with van der Waals surface area (Å²) in [4.78, 5) is 25.4. The highest BCUT2D eigenvalue weighted by molar-refractivity contribution is 6.30. The van der Waals surface area contributed by atoms with Gasteiger partial charge in [0.05, 0.1) is 0 Å². The third-order valence-corrected chi connectivity index (χ3v) is 2.66. The zero-order valence-corrected chi connectivity index (χ0v) is 11.5. The fraction of sp³-hybridized carbons (Fsp3) is 0.286. The van der Waals surface area contributed by atoms with Gasteiger partial charge in [0.2, 0.25) is 0 Å². The molecule has 0 N–H and O–H groups in total. The zero-order chi connectivity index (χ0) is 13.9. The third kappa shape index (κ3) is 3.20. The van der Waals surface area contributed by atoms with E-state index in [9.17, 15) is 9.59 Å². The lowest BCUT2D eigenvalue weighted by atomic mass is 10.1. The molecule has 0 heterocycles. The molecular weight excluding hydrogens is 250 g/mol. The van der Waals surface area contributed by atoms with Gasteiger partial charge in [0.25, 0.3) is 11.8 Å². The number of hydrogen-bond donors (Lipinski definition) is 0. The Labute approximate surface area is 112 Å². The van der Waals surface area contributed by atoms with E-state index in [0.29, 0.717) is 16.2 Å². The first-order valence-corrected chi connectivity index (χ1v) is 6.01. The first kappa shape index (κ1) is 14.5. The highest BCUT2D eigenvalue weighted by Gasteiger charge is 2.25. The molecule has 0 saturated heterocycles. The molecular formula is C14H16ClNO2. The zero-order valence-electron chi connectivity index (χ0n) is 10.7. The van der Waals surface area contributed by atoms with Crippen LogP contribution in [-0.2, 0) is 4.79 Å². The maximum absolute atomic E-state index is 12.3. The lowest BCUT2D eigenvalue weighted by molar-refractivity contribution is -0.125. The van der Waals surface area contributed by atoms with Crippen molar-refractivity contribution >= 4 is 23.4 Å². The number of rotatable bonds is 3. The third-order valence-electron chi connectivity index (χ3n) is 2.41. The van der Waals surface area contributed by atoms with Crippen LogP contribution in [0.5, 0.6) is 0 Å². The van der Waals surface area contributed by atoms with Crippen molar-refractivity contribution in [1.29, 1.82) is 0 Å². The quantitative estimate of drug-likeness (QED) is 0.787. The first-order chi connectivity index (χ1) is 8.34. The molecule has 1 aromatic carbocycles. The Kier molecular flexibility index (Phi) is 4.68. The standard InChI is InChI=1S/C14H16ClNO2/c1-9(2)13(17)16(10(3)4)14(18)11-5-7-12(15)8-6-11/h5-8,10H,1H2,2-4H3. The Hall–Kier alpha value is -1.61. The van der Waals surface area contributed by atoms with Crippen LogP contribution >= 0.6 is 11.6 Å². The fourth-order valence-electron chi connectivity index (χ4n) is 1.50. The number of imide groups is 1. The second-order valence-electron chi connectivity index (χ2n) is 4.36. The van der Waals surface area contributed by atoms with E-state index in [1.165, 1.54) is 4.90 Å². The van der Waals surface area contributed by atoms with E-state index in [0.717, 1.165) is 0 Å². The molecule has 0 aliphatic carbocycles. The van der Waals surface area contributed by atoms with E-state index < -0.39 is 0 Å². The largest absolute Gasteiger partial charge is 0.272 e. The predicted molar refractivity (Wildman–Crippen MR) is 72.6 cm³/mol. The van der Waals surface area contributed by atoms with E-state index in [-0.39, 0.29) is 17.9 Å². The predicted octanol–water partition coefficient (Wildman–Crippen LogP) is 3.29. The molecule has 0 fully saturated rings. The molecule has 0 aliphatic heterocycles. The smallest absolute Gasteiger partial charge is 0.260 e. The summed E-state index contributed by atoms with van der Waals surface area (Å²) < 4.78 is 0. The first-order valence-electron chi connectivity index (χ1n) is 5.63. The summed E-state index contributed by atoms with van der Waals surface area (Å²) in [6, 6.07) is 6.23. The molecule has 3 nitrogen and oxygen atoms in total. The van der Waals surface area contributed by atoms with Crippen molar-refractivity contribution in [2.75, 3.05) is 0 Å². The fourth-order valence-corrected chi connectivity index (χ4v) is 1.62. The van der Waals surface area contributed by atoms with Crippen LogP contribution in [0.15, 0.2) is 36.4 Å². The van der Waals surface area contributed by atoms with Gasteiger partial charge in [0.1, 0.15) is 0 Å². The van der Waals surface area contributed by atoms with Gasteiger partial charge in [0, 0.05) is 22.2 Å². The van der Waals surface area contributed by atoms with Gasteiger partial charge < -0.3 is 0 Å². The van der Waals surface area contributed by atoms with Crippen LogP contribution in [0.1, 0.15) is 31.1 Å². The van der Waals surface area contributed by atoms with Crippen LogP contribution in [0.4, 0.5) is 0 Å². The van der Waals surface area contributed by atoms with Crippen LogP contribution in [0.3, 0.4) is 0 Å². The Bertz CT molecular complexity index is 477. The minimum Gasteiger partial charge on any atom is -0.272 e. The molecule has 4 heteroatoms. The van der Waals surface area contributed by atoms with Gasteiger partial charge in [0.15, 0.2) is 0 Å². The molecule has 0 unspecified atom stereocenters. The van der Waals surface area contributed by atoms with E-state index >= 15 is 0 Å². The lowest BCUT2D eigenvalue weighted by Gasteiger charge is -2.25. The molecule has 0 aromatic heterocycles. The lowest BCUT2D eigenvalue weighted by Crippen LogP contribution is -2.42. The highest BCUT2D eigenvalue weighted by Crippen LogP contribution is 2.14. The average molecular weight is 266 g/mol. The van der Waals surface area contributed by atoms with Gasteiger partial charge in [-0.05, 0) is 45.0 Å². The molecule has 0 saturated carbocycles. The normalized spacial score (nSPS) is 10.3. The van der Waals surface area contributed by atoms with Crippen LogP contribution in [-0.4, -0.2) is 22.8 Å².